The molecular formula is C19H22BrN3. The number of aryl methyl sites for hydroxylation is 1. The molecule has 3 nitrogen and oxygen atoms in total. The largest absolute Gasteiger partial charge is 0.368 e. The van der Waals surface area contributed by atoms with Gasteiger partial charge in [0.1, 0.15) is 0 Å². The molecule has 120 valence electrons. The van der Waals surface area contributed by atoms with Crippen LogP contribution < -0.4 is 4.90 Å². The van der Waals surface area contributed by atoms with Gasteiger partial charge in [0.2, 0.25) is 0 Å². The van der Waals surface area contributed by atoms with E-state index in [2.05, 4.69) is 76.1 Å². The molecule has 1 aliphatic heterocycles. The normalized spacial score (nSPS) is 15.9. The Labute approximate surface area is 146 Å². The number of hydrogen-bond donors (Lipinski definition) is 0. The maximum absolute atomic E-state index is 4.79. The van der Waals surface area contributed by atoms with Crippen molar-refractivity contribution in [3.8, 4) is 0 Å². The third kappa shape index (κ3) is 4.14. The first-order valence-electron chi connectivity index (χ1n) is 7.99. The number of hydrogen-bond acceptors (Lipinski definition) is 3. The second-order valence-electron chi connectivity index (χ2n) is 5.97. The van der Waals surface area contributed by atoms with Crippen LogP contribution in [-0.4, -0.2) is 36.9 Å². The van der Waals surface area contributed by atoms with Gasteiger partial charge in [-0.05, 0) is 43.7 Å². The monoisotopic (exact) mass is 371 g/mol. The zero-order valence-electron chi connectivity index (χ0n) is 13.7. The Morgan fingerprint density at radius 1 is 1.00 bits per heavy atom. The average Bonchev–Trinajstić information content (AvgIpc) is 2.56. The molecule has 0 unspecified atom stereocenters. The Kier molecular flexibility index (Phi) is 5.01. The summed E-state index contributed by atoms with van der Waals surface area (Å²) in [7, 11) is 0. The average molecular weight is 372 g/mol. The number of nitrogens with zero attached hydrogens (tertiary/aromatic N) is 3. The van der Waals surface area contributed by atoms with Crippen LogP contribution in [0.5, 0.6) is 0 Å². The molecule has 1 fully saturated rings. The van der Waals surface area contributed by atoms with Gasteiger partial charge in [-0.3, -0.25) is 5.01 Å². The highest BCUT2D eigenvalue weighted by Crippen LogP contribution is 2.18. The molecule has 0 aromatic heterocycles. The Balaban J connectivity index is 1.62. The fraction of sp³-hybridized carbons (Fsp3) is 0.316. The molecule has 3 rings (SSSR count). The molecule has 2 aromatic rings. The number of hydrazone groups is 1. The molecule has 0 amide bonds. The molecule has 1 aliphatic rings. The summed E-state index contributed by atoms with van der Waals surface area (Å²) in [5.41, 5.74) is 4.85. The van der Waals surface area contributed by atoms with Gasteiger partial charge in [-0.1, -0.05) is 45.8 Å². The van der Waals surface area contributed by atoms with Gasteiger partial charge < -0.3 is 4.90 Å². The summed E-state index contributed by atoms with van der Waals surface area (Å²) in [4.78, 5) is 2.43. The molecule has 0 spiro atoms. The first kappa shape index (κ1) is 16.1. The molecular weight excluding hydrogens is 350 g/mol. The summed E-state index contributed by atoms with van der Waals surface area (Å²) in [6.07, 6.45) is 0. The quantitative estimate of drug-likeness (QED) is 0.748. The number of benzene rings is 2. The number of piperazine rings is 1. The van der Waals surface area contributed by atoms with Crippen molar-refractivity contribution in [3.63, 3.8) is 0 Å². The zero-order valence-corrected chi connectivity index (χ0v) is 15.3. The van der Waals surface area contributed by atoms with Gasteiger partial charge in [0, 0.05) is 23.2 Å². The van der Waals surface area contributed by atoms with Crippen molar-refractivity contribution in [3.05, 3.63) is 64.1 Å². The maximum Gasteiger partial charge on any atom is 0.0647 e. The van der Waals surface area contributed by atoms with E-state index in [1.165, 1.54) is 16.8 Å². The van der Waals surface area contributed by atoms with E-state index in [0.717, 1.165) is 36.4 Å². The third-order valence-corrected chi connectivity index (χ3v) is 4.68. The van der Waals surface area contributed by atoms with E-state index in [-0.39, 0.29) is 0 Å². The number of anilines is 1. The predicted octanol–water partition coefficient (Wildman–Crippen LogP) is 4.30. The smallest absolute Gasteiger partial charge is 0.0647 e. The summed E-state index contributed by atoms with van der Waals surface area (Å²) in [5, 5.41) is 6.97. The van der Waals surface area contributed by atoms with Crippen LogP contribution in [0.4, 0.5) is 5.69 Å². The van der Waals surface area contributed by atoms with Crippen LogP contribution in [0, 0.1) is 6.92 Å². The Hall–Kier alpha value is -1.81. The van der Waals surface area contributed by atoms with E-state index >= 15 is 0 Å². The minimum absolute atomic E-state index is 0.958. The Morgan fingerprint density at radius 3 is 2.35 bits per heavy atom. The van der Waals surface area contributed by atoms with E-state index in [1.807, 2.05) is 12.1 Å². The van der Waals surface area contributed by atoms with E-state index in [0.29, 0.717) is 0 Å². The molecule has 23 heavy (non-hydrogen) atoms. The van der Waals surface area contributed by atoms with Gasteiger partial charge in [0.15, 0.2) is 0 Å². The van der Waals surface area contributed by atoms with E-state index in [4.69, 9.17) is 5.10 Å². The van der Waals surface area contributed by atoms with Crippen LogP contribution in [0.1, 0.15) is 18.1 Å². The first-order valence-corrected chi connectivity index (χ1v) is 8.79. The number of halogens is 1. The van der Waals surface area contributed by atoms with Crippen molar-refractivity contribution in [2.75, 3.05) is 31.1 Å². The second-order valence-corrected chi connectivity index (χ2v) is 6.89. The van der Waals surface area contributed by atoms with Crippen molar-refractivity contribution in [2.45, 2.75) is 13.8 Å². The van der Waals surface area contributed by atoms with Crippen molar-refractivity contribution >= 4 is 27.3 Å². The molecule has 0 atom stereocenters. The van der Waals surface area contributed by atoms with Gasteiger partial charge in [0.25, 0.3) is 0 Å². The summed E-state index contributed by atoms with van der Waals surface area (Å²) in [6.45, 7) is 8.14. The van der Waals surface area contributed by atoms with Crippen LogP contribution in [0.2, 0.25) is 0 Å². The summed E-state index contributed by atoms with van der Waals surface area (Å²) >= 11 is 3.52. The topological polar surface area (TPSA) is 18.8 Å². The van der Waals surface area contributed by atoms with Gasteiger partial charge in [-0.25, -0.2) is 0 Å². The lowest BCUT2D eigenvalue weighted by Crippen LogP contribution is -2.44. The van der Waals surface area contributed by atoms with Gasteiger partial charge >= 0.3 is 0 Å². The van der Waals surface area contributed by atoms with E-state index < -0.39 is 0 Å². The molecule has 0 saturated carbocycles. The van der Waals surface area contributed by atoms with Crippen molar-refractivity contribution in [2.24, 2.45) is 5.10 Å². The fourth-order valence-corrected chi connectivity index (χ4v) is 3.19. The Morgan fingerprint density at radius 2 is 1.70 bits per heavy atom. The fourth-order valence-electron chi connectivity index (χ4n) is 2.79. The third-order valence-electron chi connectivity index (χ3n) is 4.19. The standard InChI is InChI=1S/C19H22BrN3/c1-15-6-8-19(9-7-15)22-10-12-23(13-11-22)21-16(2)17-4-3-5-18(20)14-17/h3-9,14H,10-13H2,1-2H3. The minimum atomic E-state index is 0.958. The van der Waals surface area contributed by atoms with Gasteiger partial charge in [-0.15, -0.1) is 0 Å². The molecule has 1 saturated heterocycles. The molecule has 0 N–H and O–H groups in total. The summed E-state index contributed by atoms with van der Waals surface area (Å²) in [6, 6.07) is 17.1. The molecule has 2 aromatic carbocycles. The van der Waals surface area contributed by atoms with Crippen LogP contribution in [-0.2, 0) is 0 Å². The SMILES string of the molecule is CC(=NN1CCN(c2ccc(C)cc2)CC1)c1cccc(Br)c1. The molecule has 1 heterocycles. The molecule has 0 aliphatic carbocycles. The molecule has 0 radical (unpaired) electrons. The lowest BCUT2D eigenvalue weighted by molar-refractivity contribution is 0.270. The van der Waals surface area contributed by atoms with Crippen molar-refractivity contribution in [1.29, 1.82) is 0 Å². The van der Waals surface area contributed by atoms with Gasteiger partial charge in [-0.2, -0.15) is 5.10 Å². The molecule has 4 heteroatoms. The number of rotatable bonds is 3. The minimum Gasteiger partial charge on any atom is -0.368 e. The highest BCUT2D eigenvalue weighted by molar-refractivity contribution is 9.10. The second kappa shape index (κ2) is 7.18. The lowest BCUT2D eigenvalue weighted by atomic mass is 10.1. The highest BCUT2D eigenvalue weighted by Gasteiger charge is 2.16. The lowest BCUT2D eigenvalue weighted by Gasteiger charge is -2.35. The maximum atomic E-state index is 4.79. The van der Waals surface area contributed by atoms with Gasteiger partial charge in [0.05, 0.1) is 18.8 Å². The summed E-state index contributed by atoms with van der Waals surface area (Å²) < 4.78 is 1.09. The van der Waals surface area contributed by atoms with Crippen LogP contribution >= 0.6 is 15.9 Å². The zero-order chi connectivity index (χ0) is 16.2. The van der Waals surface area contributed by atoms with Crippen LogP contribution in [0.25, 0.3) is 0 Å². The van der Waals surface area contributed by atoms with E-state index in [1.54, 1.807) is 0 Å². The van der Waals surface area contributed by atoms with E-state index in [9.17, 15) is 0 Å². The first-order chi connectivity index (χ1) is 11.1. The van der Waals surface area contributed by atoms with Crippen LogP contribution in [0.3, 0.4) is 0 Å². The summed E-state index contributed by atoms with van der Waals surface area (Å²) in [5.74, 6) is 0. The van der Waals surface area contributed by atoms with Crippen molar-refractivity contribution < 1.29 is 0 Å². The van der Waals surface area contributed by atoms with Crippen molar-refractivity contribution in [1.82, 2.24) is 5.01 Å². The predicted molar refractivity (Wildman–Crippen MR) is 101 cm³/mol. The molecule has 0 bridgehead atoms. The Bertz CT molecular complexity index is 686. The highest BCUT2D eigenvalue weighted by atomic mass is 79.9. The van der Waals surface area contributed by atoms with Crippen LogP contribution in [0.15, 0.2) is 58.1 Å².